The lowest BCUT2D eigenvalue weighted by Gasteiger charge is -2.09. The molecule has 0 aliphatic rings. The van der Waals surface area contributed by atoms with Gasteiger partial charge in [0, 0.05) is 0 Å². The Bertz CT molecular complexity index is 318. The number of carbonyl (C=O) groups is 1. The van der Waals surface area contributed by atoms with Crippen molar-refractivity contribution in [2.45, 2.75) is 19.4 Å². The molecule has 0 heterocycles. The SMILES string of the molecule is CCC(O)COc1ccc(C(=O)O)cc1. The molecule has 0 aliphatic carbocycles. The van der Waals surface area contributed by atoms with E-state index in [9.17, 15) is 9.90 Å². The Hall–Kier alpha value is -1.55. The summed E-state index contributed by atoms with van der Waals surface area (Å²) in [6, 6.07) is 6.09. The molecule has 0 spiro atoms. The summed E-state index contributed by atoms with van der Waals surface area (Å²) in [5.74, 6) is -0.400. The highest BCUT2D eigenvalue weighted by molar-refractivity contribution is 5.87. The number of hydrogen-bond acceptors (Lipinski definition) is 3. The average Bonchev–Trinajstić information content (AvgIpc) is 2.26. The van der Waals surface area contributed by atoms with E-state index in [-0.39, 0.29) is 12.2 Å². The smallest absolute Gasteiger partial charge is 0.335 e. The summed E-state index contributed by atoms with van der Waals surface area (Å²) < 4.78 is 5.25. The summed E-state index contributed by atoms with van der Waals surface area (Å²) >= 11 is 0. The highest BCUT2D eigenvalue weighted by Crippen LogP contribution is 2.12. The van der Waals surface area contributed by atoms with E-state index in [0.29, 0.717) is 12.2 Å². The van der Waals surface area contributed by atoms with Gasteiger partial charge in [-0.1, -0.05) is 6.92 Å². The van der Waals surface area contributed by atoms with E-state index >= 15 is 0 Å². The van der Waals surface area contributed by atoms with E-state index in [4.69, 9.17) is 9.84 Å². The maximum absolute atomic E-state index is 10.5. The van der Waals surface area contributed by atoms with Crippen LogP contribution in [0.3, 0.4) is 0 Å². The first-order valence-corrected chi connectivity index (χ1v) is 4.77. The minimum absolute atomic E-state index is 0.221. The van der Waals surface area contributed by atoms with Gasteiger partial charge in [0.2, 0.25) is 0 Å². The number of hydrogen-bond donors (Lipinski definition) is 2. The van der Waals surface area contributed by atoms with Gasteiger partial charge in [-0.3, -0.25) is 0 Å². The molecule has 0 amide bonds. The van der Waals surface area contributed by atoms with Crippen LogP contribution in [0.15, 0.2) is 24.3 Å². The molecule has 2 N–H and O–H groups in total. The lowest BCUT2D eigenvalue weighted by atomic mass is 10.2. The van der Waals surface area contributed by atoms with Gasteiger partial charge >= 0.3 is 5.97 Å². The van der Waals surface area contributed by atoms with Crippen molar-refractivity contribution in [3.63, 3.8) is 0 Å². The second kappa shape index (κ2) is 5.36. The van der Waals surface area contributed by atoms with E-state index in [1.807, 2.05) is 6.92 Å². The Morgan fingerprint density at radius 2 is 2.00 bits per heavy atom. The monoisotopic (exact) mass is 210 g/mol. The first-order chi connectivity index (χ1) is 7.13. The van der Waals surface area contributed by atoms with E-state index < -0.39 is 12.1 Å². The van der Waals surface area contributed by atoms with Crippen molar-refractivity contribution in [2.24, 2.45) is 0 Å². The van der Waals surface area contributed by atoms with E-state index in [0.717, 1.165) is 0 Å². The Kier molecular flexibility index (Phi) is 4.12. The van der Waals surface area contributed by atoms with Gasteiger partial charge in [-0.2, -0.15) is 0 Å². The fourth-order valence-electron chi connectivity index (χ4n) is 1.00. The van der Waals surface area contributed by atoms with E-state index in [1.54, 1.807) is 12.1 Å². The highest BCUT2D eigenvalue weighted by atomic mass is 16.5. The minimum atomic E-state index is -0.963. The molecule has 1 aromatic rings. The molecule has 1 atom stereocenters. The number of aromatic carboxylic acids is 1. The lowest BCUT2D eigenvalue weighted by Crippen LogP contribution is -2.15. The quantitative estimate of drug-likeness (QED) is 0.773. The van der Waals surface area contributed by atoms with E-state index in [2.05, 4.69) is 0 Å². The summed E-state index contributed by atoms with van der Waals surface area (Å²) in [6.07, 6.45) is 0.150. The molecule has 1 unspecified atom stereocenters. The summed E-state index contributed by atoms with van der Waals surface area (Å²) in [5, 5.41) is 17.9. The van der Waals surface area contributed by atoms with Crippen LogP contribution in [0.5, 0.6) is 5.75 Å². The fourth-order valence-corrected chi connectivity index (χ4v) is 1.00. The first-order valence-electron chi connectivity index (χ1n) is 4.77. The number of carboxylic acids is 1. The number of ether oxygens (including phenoxy) is 1. The summed E-state index contributed by atoms with van der Waals surface area (Å²) in [7, 11) is 0. The molecule has 15 heavy (non-hydrogen) atoms. The van der Waals surface area contributed by atoms with Crippen molar-refractivity contribution in [2.75, 3.05) is 6.61 Å². The molecule has 0 aromatic heterocycles. The maximum atomic E-state index is 10.5. The molecule has 1 aromatic carbocycles. The molecule has 0 fully saturated rings. The molecule has 0 aliphatic heterocycles. The van der Waals surface area contributed by atoms with Gasteiger partial charge in [0.15, 0.2) is 0 Å². The summed E-state index contributed by atoms with van der Waals surface area (Å²) in [5.41, 5.74) is 0.221. The third-order valence-electron chi connectivity index (χ3n) is 2.01. The zero-order valence-corrected chi connectivity index (χ0v) is 8.51. The normalized spacial score (nSPS) is 12.1. The van der Waals surface area contributed by atoms with Crippen LogP contribution in [0.25, 0.3) is 0 Å². The number of aliphatic hydroxyl groups is 1. The van der Waals surface area contributed by atoms with Crippen molar-refractivity contribution in [3.05, 3.63) is 29.8 Å². The summed E-state index contributed by atoms with van der Waals surface area (Å²) in [6.45, 7) is 2.09. The molecule has 4 nitrogen and oxygen atoms in total. The van der Waals surface area contributed by atoms with Crippen molar-refractivity contribution in [1.82, 2.24) is 0 Å². The van der Waals surface area contributed by atoms with Crippen LogP contribution in [0.1, 0.15) is 23.7 Å². The number of benzene rings is 1. The molecule has 0 radical (unpaired) electrons. The zero-order valence-electron chi connectivity index (χ0n) is 8.51. The van der Waals surface area contributed by atoms with Gasteiger partial charge in [0.25, 0.3) is 0 Å². The Labute approximate surface area is 88.1 Å². The second-order valence-corrected chi connectivity index (χ2v) is 3.20. The predicted octanol–water partition coefficient (Wildman–Crippen LogP) is 1.53. The standard InChI is InChI=1S/C11H14O4/c1-2-9(12)7-15-10-5-3-8(4-6-10)11(13)14/h3-6,9,12H,2,7H2,1H3,(H,13,14). The minimum Gasteiger partial charge on any atom is -0.491 e. The Balaban J connectivity index is 2.53. The molecule has 82 valence electrons. The molecule has 1 rings (SSSR count). The topological polar surface area (TPSA) is 66.8 Å². The van der Waals surface area contributed by atoms with Crippen LogP contribution in [0.2, 0.25) is 0 Å². The maximum Gasteiger partial charge on any atom is 0.335 e. The van der Waals surface area contributed by atoms with Crippen LogP contribution < -0.4 is 4.74 Å². The van der Waals surface area contributed by atoms with Crippen LogP contribution in [0, 0.1) is 0 Å². The van der Waals surface area contributed by atoms with Crippen LogP contribution >= 0.6 is 0 Å². The van der Waals surface area contributed by atoms with Gasteiger partial charge in [-0.15, -0.1) is 0 Å². The Morgan fingerprint density at radius 3 is 2.47 bits per heavy atom. The van der Waals surface area contributed by atoms with Crippen molar-refractivity contribution >= 4 is 5.97 Å². The summed E-state index contributed by atoms with van der Waals surface area (Å²) in [4.78, 5) is 10.5. The molecular formula is C11H14O4. The van der Waals surface area contributed by atoms with Gasteiger partial charge in [-0.05, 0) is 30.7 Å². The molecule has 0 bridgehead atoms. The van der Waals surface area contributed by atoms with Gasteiger partial charge in [-0.25, -0.2) is 4.79 Å². The lowest BCUT2D eigenvalue weighted by molar-refractivity contribution is 0.0696. The highest BCUT2D eigenvalue weighted by Gasteiger charge is 2.04. The van der Waals surface area contributed by atoms with Crippen LogP contribution in [-0.4, -0.2) is 28.9 Å². The molecule has 4 heteroatoms. The third kappa shape index (κ3) is 3.59. The number of aliphatic hydroxyl groups excluding tert-OH is 1. The van der Waals surface area contributed by atoms with Crippen LogP contribution in [0.4, 0.5) is 0 Å². The van der Waals surface area contributed by atoms with E-state index in [1.165, 1.54) is 12.1 Å². The third-order valence-corrected chi connectivity index (χ3v) is 2.01. The van der Waals surface area contributed by atoms with Gasteiger partial charge in [0.1, 0.15) is 12.4 Å². The fraction of sp³-hybridized carbons (Fsp3) is 0.364. The molecular weight excluding hydrogens is 196 g/mol. The van der Waals surface area contributed by atoms with Crippen LogP contribution in [-0.2, 0) is 0 Å². The second-order valence-electron chi connectivity index (χ2n) is 3.20. The number of rotatable bonds is 5. The van der Waals surface area contributed by atoms with Gasteiger partial charge < -0.3 is 14.9 Å². The number of carboxylic acid groups (broad SMARTS) is 1. The Morgan fingerprint density at radius 1 is 1.40 bits per heavy atom. The first kappa shape index (κ1) is 11.5. The molecule has 0 saturated heterocycles. The van der Waals surface area contributed by atoms with Gasteiger partial charge in [0.05, 0.1) is 11.7 Å². The molecule has 0 saturated carbocycles. The average molecular weight is 210 g/mol. The predicted molar refractivity (Wildman–Crippen MR) is 55.2 cm³/mol. The van der Waals surface area contributed by atoms with Crippen molar-refractivity contribution in [3.8, 4) is 5.75 Å². The largest absolute Gasteiger partial charge is 0.491 e. The van der Waals surface area contributed by atoms with Crippen molar-refractivity contribution < 1.29 is 19.7 Å². The van der Waals surface area contributed by atoms with Crippen molar-refractivity contribution in [1.29, 1.82) is 0 Å². The zero-order chi connectivity index (χ0) is 11.3.